The van der Waals surface area contributed by atoms with Gasteiger partial charge in [0.2, 0.25) is 0 Å². The van der Waals surface area contributed by atoms with Crippen molar-refractivity contribution in [3.8, 4) is 44.8 Å². The van der Waals surface area contributed by atoms with Crippen molar-refractivity contribution < 1.29 is 0 Å². The lowest BCUT2D eigenvalue weighted by molar-refractivity contribution is 0.336. The zero-order valence-electron chi connectivity index (χ0n) is 31.8. The summed E-state index contributed by atoms with van der Waals surface area (Å²) < 4.78 is 0. The largest absolute Gasteiger partial charge is 0.256 e. The number of nitrogens with zero attached hydrogens (tertiary/aromatic N) is 2. The Kier molecular flexibility index (Phi) is 8.98. The molecule has 4 unspecified atom stereocenters. The van der Waals surface area contributed by atoms with Crippen LogP contribution in [-0.2, 0) is 0 Å². The van der Waals surface area contributed by atoms with Crippen molar-refractivity contribution in [1.82, 2.24) is 9.97 Å². The van der Waals surface area contributed by atoms with Gasteiger partial charge in [-0.25, -0.2) is 0 Å². The standard InChI is InChI=1S/C55H40N2/c1-37-47(46-35-44(38-14-4-2-5-15-38)34-45(36-46)39-16-6-3-7-17-39)30-31-50-53(37)55(43-28-24-41(25-29-43)52-21-11-13-33-57-52)49-19-9-8-18-48(49)54(50)42-26-22-40(23-27-42)51-20-10-12-32-56-51/h2-22,24-26,28-37,47,53,55H,1H3. The van der Waals surface area contributed by atoms with E-state index in [1.165, 1.54) is 55.7 Å². The van der Waals surface area contributed by atoms with Gasteiger partial charge in [-0.1, -0.05) is 165 Å². The second-order valence-electron chi connectivity index (χ2n) is 15.2. The maximum atomic E-state index is 4.65. The number of rotatable bonds is 7. The third-order valence-electron chi connectivity index (χ3n) is 11.9. The molecule has 2 aliphatic rings. The van der Waals surface area contributed by atoms with E-state index in [9.17, 15) is 0 Å². The molecule has 0 N–H and O–H groups in total. The fourth-order valence-corrected chi connectivity index (χ4v) is 9.22. The van der Waals surface area contributed by atoms with Crippen LogP contribution < -0.4 is 0 Å². The van der Waals surface area contributed by atoms with Crippen LogP contribution in [0.4, 0.5) is 0 Å². The topological polar surface area (TPSA) is 25.8 Å². The van der Waals surface area contributed by atoms with Gasteiger partial charge in [0, 0.05) is 40.9 Å². The molecule has 0 fully saturated rings. The Hall–Kier alpha value is -7.08. The molecule has 0 bridgehead atoms. The van der Waals surface area contributed by atoms with Gasteiger partial charge in [0.25, 0.3) is 0 Å². The summed E-state index contributed by atoms with van der Waals surface area (Å²) in [5.41, 5.74) is 17.8. The van der Waals surface area contributed by atoms with Crippen molar-refractivity contribution in [3.05, 3.63) is 246 Å². The van der Waals surface area contributed by atoms with Gasteiger partial charge in [-0.15, -0.1) is 0 Å². The van der Waals surface area contributed by atoms with Gasteiger partial charge < -0.3 is 0 Å². The Bertz CT molecular complexity index is 2660. The summed E-state index contributed by atoms with van der Waals surface area (Å²) in [5.74, 6) is 0.784. The Morgan fingerprint density at radius 1 is 0.474 bits per heavy atom. The summed E-state index contributed by atoms with van der Waals surface area (Å²) in [6, 6.07) is 70.5. The average Bonchev–Trinajstić information content (AvgIpc) is 3.29. The summed E-state index contributed by atoms with van der Waals surface area (Å²) in [5, 5.41) is 0. The number of hydrogen-bond acceptors (Lipinski definition) is 2. The molecule has 270 valence electrons. The second kappa shape index (κ2) is 14.9. The van der Waals surface area contributed by atoms with Crippen LogP contribution in [0.15, 0.2) is 206 Å². The van der Waals surface area contributed by atoms with Crippen molar-refractivity contribution in [3.63, 3.8) is 0 Å². The first-order valence-electron chi connectivity index (χ1n) is 19.8. The van der Waals surface area contributed by atoms with E-state index in [1.54, 1.807) is 0 Å². The first-order chi connectivity index (χ1) is 28.2. The molecule has 2 heterocycles. The fourth-order valence-electron chi connectivity index (χ4n) is 9.22. The highest BCUT2D eigenvalue weighted by Gasteiger charge is 2.43. The molecule has 4 atom stereocenters. The minimum atomic E-state index is 0.142. The molecule has 0 spiro atoms. The van der Waals surface area contributed by atoms with Crippen molar-refractivity contribution in [2.45, 2.75) is 18.8 Å². The summed E-state index contributed by atoms with van der Waals surface area (Å²) in [6.45, 7) is 2.47. The molecular formula is C55H40N2. The Labute approximate surface area is 335 Å². The first-order valence-corrected chi connectivity index (χ1v) is 19.8. The van der Waals surface area contributed by atoms with E-state index in [-0.39, 0.29) is 23.7 Å². The normalized spacial score (nSPS) is 18.3. The van der Waals surface area contributed by atoms with Crippen LogP contribution in [0.1, 0.15) is 46.6 Å². The maximum absolute atomic E-state index is 4.65. The smallest absolute Gasteiger partial charge is 0.0786 e. The number of allylic oxidation sites excluding steroid dienone is 3. The van der Waals surface area contributed by atoms with Crippen molar-refractivity contribution in [2.24, 2.45) is 11.8 Å². The number of pyridine rings is 2. The van der Waals surface area contributed by atoms with Crippen molar-refractivity contribution in [2.75, 3.05) is 0 Å². The summed E-state index contributed by atoms with van der Waals surface area (Å²) >= 11 is 0. The zero-order valence-corrected chi connectivity index (χ0v) is 31.8. The zero-order chi connectivity index (χ0) is 38.1. The molecule has 0 amide bonds. The third kappa shape index (κ3) is 6.48. The Balaban J connectivity index is 1.15. The first kappa shape index (κ1) is 34.4. The molecule has 0 radical (unpaired) electrons. The van der Waals surface area contributed by atoms with Gasteiger partial charge in [0.05, 0.1) is 17.0 Å². The second-order valence-corrected chi connectivity index (χ2v) is 15.2. The van der Waals surface area contributed by atoms with Gasteiger partial charge in [0.1, 0.15) is 0 Å². The van der Waals surface area contributed by atoms with Gasteiger partial charge in [0.15, 0.2) is 0 Å². The summed E-state index contributed by atoms with van der Waals surface area (Å²) in [6.07, 6.45) is 8.60. The van der Waals surface area contributed by atoms with Crippen LogP contribution in [0, 0.1) is 24.0 Å². The summed E-state index contributed by atoms with van der Waals surface area (Å²) in [4.78, 5) is 9.23. The van der Waals surface area contributed by atoms with E-state index in [0.29, 0.717) is 0 Å². The lowest BCUT2D eigenvalue weighted by Gasteiger charge is -2.44. The fraction of sp³-hybridized carbons (Fsp3) is 0.0909. The molecular weight excluding hydrogens is 689 g/mol. The number of aromatic nitrogens is 2. The summed E-state index contributed by atoms with van der Waals surface area (Å²) in [7, 11) is 0. The average molecular weight is 729 g/mol. The molecule has 10 rings (SSSR count). The van der Waals surface area contributed by atoms with Crippen LogP contribution in [0.25, 0.3) is 50.3 Å². The molecule has 2 aromatic heterocycles. The van der Waals surface area contributed by atoms with Gasteiger partial charge >= 0.3 is 0 Å². The lowest BCUT2D eigenvalue weighted by Crippen LogP contribution is -2.33. The lowest BCUT2D eigenvalue weighted by atomic mass is 9.59. The van der Waals surface area contributed by atoms with E-state index < -0.39 is 0 Å². The Morgan fingerprint density at radius 3 is 1.70 bits per heavy atom. The molecule has 6 aromatic carbocycles. The monoisotopic (exact) mass is 728 g/mol. The minimum absolute atomic E-state index is 0.142. The molecule has 8 aromatic rings. The van der Waals surface area contributed by atoms with Gasteiger partial charge in [-0.05, 0) is 104 Å². The van der Waals surface area contributed by atoms with Gasteiger partial charge in [-0.3, -0.25) is 9.97 Å². The van der Waals surface area contributed by atoms with E-state index >= 15 is 0 Å². The Morgan fingerprint density at radius 2 is 1.07 bits per heavy atom. The molecule has 0 saturated carbocycles. The van der Waals surface area contributed by atoms with E-state index in [2.05, 4.69) is 193 Å². The maximum Gasteiger partial charge on any atom is 0.0786 e. The van der Waals surface area contributed by atoms with Crippen LogP contribution in [0.2, 0.25) is 0 Å². The highest BCUT2D eigenvalue weighted by Crippen LogP contribution is 2.56. The molecule has 0 saturated heterocycles. The highest BCUT2D eigenvalue weighted by molar-refractivity contribution is 5.88. The quantitative estimate of drug-likeness (QED) is 0.163. The van der Waals surface area contributed by atoms with E-state index in [4.69, 9.17) is 0 Å². The minimum Gasteiger partial charge on any atom is -0.256 e. The van der Waals surface area contributed by atoms with Crippen molar-refractivity contribution >= 4 is 5.57 Å². The van der Waals surface area contributed by atoms with Crippen LogP contribution in [0.5, 0.6) is 0 Å². The number of benzene rings is 5. The van der Waals surface area contributed by atoms with E-state index in [0.717, 1.165) is 28.1 Å². The molecule has 57 heavy (non-hydrogen) atoms. The predicted octanol–water partition coefficient (Wildman–Crippen LogP) is 13.3. The number of hydrogen-bond donors (Lipinski definition) is 0. The van der Waals surface area contributed by atoms with Crippen LogP contribution in [0.3, 0.4) is 0 Å². The number of fused-ring (bicyclic) bond motifs is 2. The highest BCUT2D eigenvalue weighted by atomic mass is 14.7. The van der Waals surface area contributed by atoms with Crippen LogP contribution >= 0.6 is 0 Å². The van der Waals surface area contributed by atoms with E-state index in [1.807, 2.05) is 36.7 Å². The molecule has 2 aliphatic carbocycles. The molecule has 0 aliphatic heterocycles. The molecule has 2 nitrogen and oxygen atoms in total. The van der Waals surface area contributed by atoms with Crippen molar-refractivity contribution in [1.29, 1.82) is 0 Å². The SMILES string of the molecule is CC1C(c2cc(-c3ccccc3)cc(-c3ccccc3)c2)C=CC2=C(c3c#cc(-c4ccccn4)cc3)c3ccccc3C(c3ccc(-c4ccccn4)cc3)C21. The third-order valence-corrected chi connectivity index (χ3v) is 11.9. The van der Waals surface area contributed by atoms with Crippen LogP contribution in [-0.4, -0.2) is 9.97 Å². The van der Waals surface area contributed by atoms with Gasteiger partial charge in [-0.2, -0.15) is 0 Å². The predicted molar refractivity (Wildman–Crippen MR) is 233 cm³/mol. The molecule has 2 heteroatoms.